The lowest BCUT2D eigenvalue weighted by Gasteiger charge is -2.14. The molecule has 3 aromatic heterocycles. The molecule has 1 amide bonds. The average molecular weight is 300 g/mol. The number of carbonyl (C=O) groups is 1. The Balaban J connectivity index is 1.75. The highest BCUT2D eigenvalue weighted by Gasteiger charge is 2.19. The first kappa shape index (κ1) is 13.4. The Morgan fingerprint density at radius 1 is 1.38 bits per heavy atom. The molecule has 7 nitrogen and oxygen atoms in total. The molecule has 0 radical (unpaired) electrons. The van der Waals surface area contributed by atoms with Gasteiger partial charge < -0.3 is 5.32 Å². The maximum Gasteiger partial charge on any atom is 0.228 e. The van der Waals surface area contributed by atoms with Crippen LogP contribution in [0.4, 0.5) is 5.82 Å². The minimum absolute atomic E-state index is 0.139. The molecular weight excluding hydrogens is 288 g/mol. The molecule has 1 N–H and O–H groups in total. The highest BCUT2D eigenvalue weighted by molar-refractivity contribution is 7.07. The van der Waals surface area contributed by atoms with E-state index in [0.717, 1.165) is 5.56 Å². The average Bonchev–Trinajstić information content (AvgIpc) is 3.19. The zero-order valence-corrected chi connectivity index (χ0v) is 11.8. The van der Waals surface area contributed by atoms with Crippen LogP contribution in [0.1, 0.15) is 18.0 Å². The van der Waals surface area contributed by atoms with Crippen LogP contribution in [-0.2, 0) is 4.79 Å². The van der Waals surface area contributed by atoms with E-state index in [4.69, 9.17) is 0 Å². The molecule has 0 saturated carbocycles. The highest BCUT2D eigenvalue weighted by atomic mass is 32.1. The number of anilines is 1. The van der Waals surface area contributed by atoms with Gasteiger partial charge in [0.25, 0.3) is 0 Å². The number of amides is 1. The number of carbonyl (C=O) groups excluding carboxylic acids is 1. The van der Waals surface area contributed by atoms with Gasteiger partial charge in [0.05, 0.1) is 12.5 Å². The summed E-state index contributed by atoms with van der Waals surface area (Å²) in [5.74, 6) is 0.392. The maximum absolute atomic E-state index is 12.2. The van der Waals surface area contributed by atoms with Gasteiger partial charge >= 0.3 is 0 Å². The van der Waals surface area contributed by atoms with E-state index in [2.05, 4.69) is 25.8 Å². The molecule has 3 heterocycles. The summed E-state index contributed by atoms with van der Waals surface area (Å²) in [6, 6.07) is 7.10. The molecule has 0 aliphatic carbocycles. The lowest BCUT2D eigenvalue weighted by Crippen LogP contribution is -2.21. The van der Waals surface area contributed by atoms with Crippen LogP contribution in [-0.4, -0.2) is 31.1 Å². The quantitative estimate of drug-likeness (QED) is 0.776. The van der Waals surface area contributed by atoms with Crippen LogP contribution < -0.4 is 5.32 Å². The smallest absolute Gasteiger partial charge is 0.228 e. The van der Waals surface area contributed by atoms with Crippen molar-refractivity contribution in [2.24, 2.45) is 0 Å². The third kappa shape index (κ3) is 3.29. The normalized spacial score (nSPS) is 12.0. The van der Waals surface area contributed by atoms with E-state index < -0.39 is 0 Å². The molecule has 0 bridgehead atoms. The number of aromatic nitrogens is 5. The van der Waals surface area contributed by atoms with E-state index in [1.54, 1.807) is 34.3 Å². The minimum Gasteiger partial charge on any atom is -0.311 e. The van der Waals surface area contributed by atoms with Crippen LogP contribution in [0, 0.1) is 0 Å². The van der Waals surface area contributed by atoms with Crippen molar-refractivity contribution in [1.29, 1.82) is 0 Å². The summed E-state index contributed by atoms with van der Waals surface area (Å²) in [7, 11) is 0. The Bertz CT molecular complexity index is 649. The van der Waals surface area contributed by atoms with Crippen molar-refractivity contribution in [3.8, 4) is 0 Å². The predicted octanol–water partition coefficient (Wildman–Crippen LogP) is 1.75. The van der Waals surface area contributed by atoms with Gasteiger partial charge in [-0.1, -0.05) is 6.07 Å². The molecule has 0 saturated heterocycles. The third-order valence-electron chi connectivity index (χ3n) is 2.92. The van der Waals surface area contributed by atoms with Gasteiger partial charge in [0.15, 0.2) is 0 Å². The summed E-state index contributed by atoms with van der Waals surface area (Å²) in [6.45, 7) is 0. The molecule has 106 valence electrons. The summed E-state index contributed by atoms with van der Waals surface area (Å²) in [5.41, 5.74) is 1.00. The number of rotatable bonds is 5. The van der Waals surface area contributed by atoms with E-state index in [0.29, 0.717) is 5.82 Å². The lowest BCUT2D eigenvalue weighted by atomic mass is 10.1. The fourth-order valence-corrected chi connectivity index (χ4v) is 2.65. The van der Waals surface area contributed by atoms with E-state index in [9.17, 15) is 4.79 Å². The Labute approximate surface area is 124 Å². The number of hydrogen-bond acceptors (Lipinski definition) is 6. The second-order valence-corrected chi connectivity index (χ2v) is 5.11. The van der Waals surface area contributed by atoms with Gasteiger partial charge in [-0.3, -0.25) is 4.79 Å². The van der Waals surface area contributed by atoms with Crippen molar-refractivity contribution < 1.29 is 4.79 Å². The summed E-state index contributed by atoms with van der Waals surface area (Å²) < 4.78 is 1.58. The van der Waals surface area contributed by atoms with Crippen molar-refractivity contribution in [2.45, 2.75) is 12.5 Å². The van der Waals surface area contributed by atoms with E-state index in [1.807, 2.05) is 22.9 Å². The van der Waals surface area contributed by atoms with Gasteiger partial charge in [0, 0.05) is 6.20 Å². The summed E-state index contributed by atoms with van der Waals surface area (Å²) in [5, 5.41) is 17.9. The van der Waals surface area contributed by atoms with Crippen LogP contribution in [0.25, 0.3) is 0 Å². The topological polar surface area (TPSA) is 85.6 Å². The SMILES string of the molecule is O=C(CC(c1ccsc1)n1cnnn1)Nc1ccccn1. The van der Waals surface area contributed by atoms with Crippen molar-refractivity contribution in [3.63, 3.8) is 0 Å². The molecule has 1 unspecified atom stereocenters. The monoisotopic (exact) mass is 300 g/mol. The van der Waals surface area contributed by atoms with Crippen molar-refractivity contribution in [3.05, 3.63) is 53.1 Å². The zero-order chi connectivity index (χ0) is 14.5. The molecule has 3 rings (SSSR count). The van der Waals surface area contributed by atoms with Crippen LogP contribution in [0.15, 0.2) is 47.5 Å². The highest BCUT2D eigenvalue weighted by Crippen LogP contribution is 2.23. The standard InChI is InChI=1S/C13H12N6OS/c20-13(16-12-3-1-2-5-14-12)7-11(10-4-6-21-8-10)19-9-15-17-18-19/h1-6,8-9,11H,7H2,(H,14,16,20). The predicted molar refractivity (Wildman–Crippen MR) is 77.8 cm³/mol. The Morgan fingerprint density at radius 2 is 2.33 bits per heavy atom. The van der Waals surface area contributed by atoms with Crippen LogP contribution in [0.5, 0.6) is 0 Å². The Morgan fingerprint density at radius 3 is 3.00 bits per heavy atom. The second-order valence-electron chi connectivity index (χ2n) is 4.33. The summed E-state index contributed by atoms with van der Waals surface area (Å²) in [6.07, 6.45) is 3.38. The van der Waals surface area contributed by atoms with Crippen LogP contribution in [0.3, 0.4) is 0 Å². The molecule has 0 fully saturated rings. The molecular formula is C13H12N6OS. The number of hydrogen-bond donors (Lipinski definition) is 1. The Hall–Kier alpha value is -2.61. The maximum atomic E-state index is 12.2. The second kappa shape index (κ2) is 6.23. The molecule has 3 aromatic rings. The Kier molecular flexibility index (Phi) is 3.97. The van der Waals surface area contributed by atoms with Crippen LogP contribution in [0.2, 0.25) is 0 Å². The molecule has 0 spiro atoms. The first-order valence-electron chi connectivity index (χ1n) is 6.28. The van der Waals surface area contributed by atoms with Gasteiger partial charge in [0.2, 0.25) is 5.91 Å². The van der Waals surface area contributed by atoms with Crippen molar-refractivity contribution >= 4 is 23.1 Å². The molecule has 0 aromatic carbocycles. The van der Waals surface area contributed by atoms with E-state index >= 15 is 0 Å². The first-order chi connectivity index (χ1) is 10.3. The van der Waals surface area contributed by atoms with E-state index in [-0.39, 0.29) is 18.4 Å². The van der Waals surface area contributed by atoms with Crippen LogP contribution >= 0.6 is 11.3 Å². The lowest BCUT2D eigenvalue weighted by molar-refractivity contribution is -0.116. The number of pyridine rings is 1. The molecule has 0 aliphatic rings. The number of nitrogens with zero attached hydrogens (tertiary/aromatic N) is 5. The fraction of sp³-hybridized carbons (Fsp3) is 0.154. The zero-order valence-electron chi connectivity index (χ0n) is 11.0. The van der Waals surface area contributed by atoms with Gasteiger partial charge in [-0.2, -0.15) is 11.3 Å². The summed E-state index contributed by atoms with van der Waals surface area (Å²) >= 11 is 1.57. The third-order valence-corrected chi connectivity index (χ3v) is 3.62. The molecule has 1 atom stereocenters. The number of thiophene rings is 1. The molecule has 8 heteroatoms. The van der Waals surface area contributed by atoms with Gasteiger partial charge in [-0.15, -0.1) is 5.10 Å². The van der Waals surface area contributed by atoms with Gasteiger partial charge in [-0.25, -0.2) is 9.67 Å². The van der Waals surface area contributed by atoms with Gasteiger partial charge in [-0.05, 0) is 44.9 Å². The molecule has 21 heavy (non-hydrogen) atoms. The van der Waals surface area contributed by atoms with E-state index in [1.165, 1.54) is 6.33 Å². The number of nitrogens with one attached hydrogen (secondary N) is 1. The largest absolute Gasteiger partial charge is 0.311 e. The van der Waals surface area contributed by atoms with Gasteiger partial charge in [0.1, 0.15) is 12.1 Å². The fourth-order valence-electron chi connectivity index (χ4n) is 1.95. The van der Waals surface area contributed by atoms with Crippen molar-refractivity contribution in [1.82, 2.24) is 25.2 Å². The van der Waals surface area contributed by atoms with Crippen molar-refractivity contribution in [2.75, 3.05) is 5.32 Å². The molecule has 0 aliphatic heterocycles. The first-order valence-corrected chi connectivity index (χ1v) is 7.22. The summed E-state index contributed by atoms with van der Waals surface area (Å²) in [4.78, 5) is 16.3. The minimum atomic E-state index is -0.227. The number of tetrazole rings is 1.